The van der Waals surface area contributed by atoms with Gasteiger partial charge in [0.2, 0.25) is 0 Å². The Morgan fingerprint density at radius 1 is 1.17 bits per heavy atom. The molecule has 7 nitrogen and oxygen atoms in total. The largest absolute Gasteiger partial charge is 0.388 e. The molecule has 0 aliphatic rings. The lowest BCUT2D eigenvalue weighted by Crippen LogP contribution is -2.09. The molecule has 3 aromatic heterocycles. The van der Waals surface area contributed by atoms with Gasteiger partial charge in [0.1, 0.15) is 5.52 Å². The number of aryl methyl sites for hydroxylation is 1. The van der Waals surface area contributed by atoms with E-state index in [2.05, 4.69) is 44.6 Å². The predicted octanol–water partition coefficient (Wildman–Crippen LogP) is 4.74. The fourth-order valence-electron chi connectivity index (χ4n) is 3.19. The van der Waals surface area contributed by atoms with Crippen molar-refractivity contribution in [2.24, 2.45) is 11.1 Å². The van der Waals surface area contributed by atoms with Crippen LogP contribution in [-0.4, -0.2) is 25.7 Å². The summed E-state index contributed by atoms with van der Waals surface area (Å²) in [5, 5.41) is 4.87. The number of nitrogens with zero attached hydrogens (tertiary/aromatic N) is 5. The van der Waals surface area contributed by atoms with Gasteiger partial charge >= 0.3 is 0 Å². The second kappa shape index (κ2) is 9.82. The van der Waals surface area contributed by atoms with E-state index in [4.69, 9.17) is 10.6 Å². The summed E-state index contributed by atoms with van der Waals surface area (Å²) in [5.41, 5.74) is 9.96. The Bertz CT molecular complexity index is 1130. The molecule has 0 spiro atoms. The average Bonchev–Trinajstić information content (AvgIpc) is 3.08. The SMILES string of the molecule is C/C=N/OCc1nc2c(N)nc3ccccc3c2n1CC(C)C.Cc1cccnc1. The van der Waals surface area contributed by atoms with Crippen LogP contribution < -0.4 is 5.73 Å². The number of nitrogens with two attached hydrogens (primary N) is 1. The molecule has 0 saturated heterocycles. The van der Waals surface area contributed by atoms with Crippen LogP contribution in [-0.2, 0) is 18.0 Å². The van der Waals surface area contributed by atoms with Gasteiger partial charge in [-0.15, -0.1) is 0 Å². The third-order valence-electron chi connectivity index (χ3n) is 4.42. The molecule has 0 aliphatic heterocycles. The van der Waals surface area contributed by atoms with Gasteiger partial charge < -0.3 is 15.1 Å². The first-order chi connectivity index (χ1) is 14.5. The van der Waals surface area contributed by atoms with Crippen LogP contribution in [0.15, 0.2) is 53.9 Å². The minimum Gasteiger partial charge on any atom is -0.388 e. The molecule has 4 rings (SSSR count). The van der Waals surface area contributed by atoms with Gasteiger partial charge in [0, 0.05) is 30.5 Å². The lowest BCUT2D eigenvalue weighted by atomic mass is 10.1. The van der Waals surface area contributed by atoms with Gasteiger partial charge in [0.05, 0.1) is 11.0 Å². The number of hydrogen-bond acceptors (Lipinski definition) is 6. The molecule has 1 aromatic carbocycles. The van der Waals surface area contributed by atoms with Crippen LogP contribution in [0, 0.1) is 12.8 Å². The summed E-state index contributed by atoms with van der Waals surface area (Å²) in [6, 6.07) is 11.9. The molecule has 30 heavy (non-hydrogen) atoms. The number of para-hydroxylation sites is 1. The third kappa shape index (κ3) is 4.92. The van der Waals surface area contributed by atoms with Crippen LogP contribution in [0.1, 0.15) is 32.2 Å². The maximum atomic E-state index is 6.13. The van der Waals surface area contributed by atoms with Crippen molar-refractivity contribution in [3.8, 4) is 0 Å². The Morgan fingerprint density at radius 2 is 1.97 bits per heavy atom. The van der Waals surface area contributed by atoms with Crippen LogP contribution in [0.2, 0.25) is 0 Å². The number of benzene rings is 1. The maximum Gasteiger partial charge on any atom is 0.174 e. The number of rotatable bonds is 5. The Labute approximate surface area is 176 Å². The first-order valence-corrected chi connectivity index (χ1v) is 10.0. The summed E-state index contributed by atoms with van der Waals surface area (Å²) >= 11 is 0. The lowest BCUT2D eigenvalue weighted by molar-refractivity contribution is 0.123. The van der Waals surface area contributed by atoms with Gasteiger partial charge in [-0.05, 0) is 37.5 Å². The van der Waals surface area contributed by atoms with E-state index >= 15 is 0 Å². The normalized spacial score (nSPS) is 11.2. The highest BCUT2D eigenvalue weighted by atomic mass is 16.6. The Hall–Kier alpha value is -3.48. The quantitative estimate of drug-likeness (QED) is 0.383. The van der Waals surface area contributed by atoms with E-state index in [1.165, 1.54) is 5.56 Å². The zero-order valence-electron chi connectivity index (χ0n) is 17.9. The number of imidazole rings is 1. The smallest absolute Gasteiger partial charge is 0.174 e. The van der Waals surface area contributed by atoms with Gasteiger partial charge in [0.25, 0.3) is 0 Å². The first kappa shape index (κ1) is 21.2. The molecule has 0 atom stereocenters. The summed E-state index contributed by atoms with van der Waals surface area (Å²) in [6.45, 7) is 9.32. The van der Waals surface area contributed by atoms with Crippen LogP contribution in [0.5, 0.6) is 0 Å². The summed E-state index contributed by atoms with van der Waals surface area (Å²) < 4.78 is 2.17. The van der Waals surface area contributed by atoms with Crippen molar-refractivity contribution in [2.75, 3.05) is 5.73 Å². The van der Waals surface area contributed by atoms with E-state index in [9.17, 15) is 0 Å². The van der Waals surface area contributed by atoms with Crippen LogP contribution in [0.4, 0.5) is 5.82 Å². The van der Waals surface area contributed by atoms with Gasteiger partial charge in [-0.1, -0.05) is 43.3 Å². The number of pyridine rings is 2. The molecular formula is C23H28N6O. The van der Waals surface area contributed by atoms with E-state index in [1.54, 1.807) is 12.4 Å². The number of fused-ring (bicyclic) bond motifs is 3. The second-order valence-electron chi connectivity index (χ2n) is 7.41. The van der Waals surface area contributed by atoms with E-state index in [0.717, 1.165) is 34.3 Å². The van der Waals surface area contributed by atoms with Crippen molar-refractivity contribution in [1.82, 2.24) is 19.5 Å². The number of anilines is 1. The Kier molecular flexibility index (Phi) is 6.95. The molecule has 0 fully saturated rings. The first-order valence-electron chi connectivity index (χ1n) is 10.0. The molecule has 156 valence electrons. The van der Waals surface area contributed by atoms with E-state index in [-0.39, 0.29) is 0 Å². The zero-order valence-corrected chi connectivity index (χ0v) is 17.9. The van der Waals surface area contributed by atoms with Crippen LogP contribution in [0.25, 0.3) is 21.9 Å². The molecule has 0 radical (unpaired) electrons. The fourth-order valence-corrected chi connectivity index (χ4v) is 3.19. The topological polar surface area (TPSA) is 91.2 Å². The van der Waals surface area contributed by atoms with E-state index in [0.29, 0.717) is 18.3 Å². The third-order valence-corrected chi connectivity index (χ3v) is 4.42. The number of nitrogen functional groups attached to an aromatic ring is 1. The van der Waals surface area contributed by atoms with E-state index < -0.39 is 0 Å². The molecule has 0 aliphatic carbocycles. The number of aromatic nitrogens is 4. The molecular weight excluding hydrogens is 376 g/mol. The zero-order chi connectivity index (χ0) is 21.5. The second-order valence-corrected chi connectivity index (χ2v) is 7.41. The van der Waals surface area contributed by atoms with Crippen LogP contribution >= 0.6 is 0 Å². The van der Waals surface area contributed by atoms with Gasteiger partial charge in [-0.25, -0.2) is 9.97 Å². The minimum atomic E-state index is 0.305. The molecule has 4 aromatic rings. The maximum absolute atomic E-state index is 6.13. The van der Waals surface area contributed by atoms with Crippen molar-refractivity contribution in [3.05, 3.63) is 60.2 Å². The lowest BCUT2D eigenvalue weighted by Gasteiger charge is -2.12. The highest BCUT2D eigenvalue weighted by Gasteiger charge is 2.18. The standard InChI is InChI=1S/C17H21N5O.C6H7N/c1-4-19-23-10-14-21-15-16(22(14)9-11(2)3)12-7-5-6-8-13(12)20-17(15)18;1-6-3-2-4-7-5-6/h4-8,11H,9-10H2,1-3H3,(H2,18,20);2-5H,1H3/b19-4+;. The highest BCUT2D eigenvalue weighted by Crippen LogP contribution is 2.29. The van der Waals surface area contributed by atoms with Gasteiger partial charge in [0.15, 0.2) is 18.2 Å². The summed E-state index contributed by atoms with van der Waals surface area (Å²) in [5.74, 6) is 1.72. The van der Waals surface area contributed by atoms with Crippen molar-refractivity contribution < 1.29 is 4.84 Å². The molecule has 0 bridgehead atoms. The van der Waals surface area contributed by atoms with Crippen molar-refractivity contribution in [1.29, 1.82) is 0 Å². The summed E-state index contributed by atoms with van der Waals surface area (Å²) in [4.78, 5) is 18.3. The predicted molar refractivity (Wildman–Crippen MR) is 122 cm³/mol. The minimum absolute atomic E-state index is 0.305. The fraction of sp³-hybridized carbons (Fsp3) is 0.304. The molecule has 0 saturated carbocycles. The summed E-state index contributed by atoms with van der Waals surface area (Å²) in [7, 11) is 0. The average molecular weight is 405 g/mol. The highest BCUT2D eigenvalue weighted by molar-refractivity contribution is 6.06. The molecule has 3 heterocycles. The monoisotopic (exact) mass is 404 g/mol. The number of oxime groups is 1. The van der Waals surface area contributed by atoms with E-state index in [1.807, 2.05) is 50.4 Å². The van der Waals surface area contributed by atoms with Crippen molar-refractivity contribution in [3.63, 3.8) is 0 Å². The Morgan fingerprint density at radius 3 is 2.60 bits per heavy atom. The van der Waals surface area contributed by atoms with Crippen molar-refractivity contribution >= 4 is 34.0 Å². The molecule has 0 amide bonds. The molecule has 2 N–H and O–H groups in total. The molecule has 7 heteroatoms. The van der Waals surface area contributed by atoms with Crippen LogP contribution in [0.3, 0.4) is 0 Å². The van der Waals surface area contributed by atoms with Gasteiger partial charge in [-0.2, -0.15) is 0 Å². The molecule has 0 unspecified atom stereocenters. The Balaban J connectivity index is 0.000000310. The number of hydrogen-bond donors (Lipinski definition) is 1. The van der Waals surface area contributed by atoms with Crippen molar-refractivity contribution in [2.45, 2.75) is 40.8 Å². The summed E-state index contributed by atoms with van der Waals surface area (Å²) in [6.07, 6.45) is 5.22. The van der Waals surface area contributed by atoms with Gasteiger partial charge in [-0.3, -0.25) is 4.98 Å².